The Hall–Kier alpha value is -3.24. The number of hydrogen-bond donors (Lipinski definition) is 0. The Labute approximate surface area is 197 Å². The highest BCUT2D eigenvalue weighted by atomic mass is 16.6. The number of carbonyl (C=O) groups excluding carboxylic acids is 2. The number of morpholine rings is 1. The fourth-order valence-corrected chi connectivity index (χ4v) is 4.52. The van der Waals surface area contributed by atoms with E-state index in [0.717, 1.165) is 30.8 Å². The van der Waals surface area contributed by atoms with Crippen molar-refractivity contribution in [1.82, 2.24) is 4.57 Å². The zero-order valence-corrected chi connectivity index (χ0v) is 19.5. The molecule has 0 amide bonds. The van der Waals surface area contributed by atoms with Crippen LogP contribution in [0.3, 0.4) is 0 Å². The van der Waals surface area contributed by atoms with E-state index in [2.05, 4.69) is 4.57 Å². The molecule has 1 atom stereocenters. The van der Waals surface area contributed by atoms with Crippen molar-refractivity contribution in [3.8, 4) is 0 Å². The van der Waals surface area contributed by atoms with Crippen LogP contribution in [-0.4, -0.2) is 66.9 Å². The van der Waals surface area contributed by atoms with Gasteiger partial charge in [0.1, 0.15) is 0 Å². The third-order valence-corrected chi connectivity index (χ3v) is 6.38. The molecule has 3 heterocycles. The van der Waals surface area contributed by atoms with Crippen molar-refractivity contribution < 1.29 is 28.7 Å². The van der Waals surface area contributed by atoms with Crippen molar-refractivity contribution in [2.24, 2.45) is 0 Å². The minimum absolute atomic E-state index is 0.0627. The van der Waals surface area contributed by atoms with Gasteiger partial charge in [0.25, 0.3) is 5.69 Å². The Kier molecular flexibility index (Phi) is 7.28. The summed E-state index contributed by atoms with van der Waals surface area (Å²) in [4.78, 5) is 38.5. The summed E-state index contributed by atoms with van der Waals surface area (Å²) in [6.07, 6.45) is 2.17. The maximum atomic E-state index is 12.9. The van der Waals surface area contributed by atoms with Gasteiger partial charge in [-0.1, -0.05) is 0 Å². The van der Waals surface area contributed by atoms with Crippen molar-refractivity contribution in [1.29, 1.82) is 0 Å². The Morgan fingerprint density at radius 3 is 2.59 bits per heavy atom. The number of aryl methyl sites for hydroxylation is 1. The Balaban J connectivity index is 1.48. The molecule has 2 fully saturated rings. The van der Waals surface area contributed by atoms with Crippen LogP contribution in [-0.2, 0) is 20.8 Å². The van der Waals surface area contributed by atoms with E-state index >= 15 is 0 Å². The topological polar surface area (TPSA) is 113 Å². The zero-order chi connectivity index (χ0) is 24.2. The van der Waals surface area contributed by atoms with E-state index in [0.29, 0.717) is 44.1 Å². The lowest BCUT2D eigenvalue weighted by Crippen LogP contribution is -2.37. The van der Waals surface area contributed by atoms with Crippen molar-refractivity contribution in [2.75, 3.05) is 44.4 Å². The monoisotopic (exact) mass is 471 g/mol. The van der Waals surface area contributed by atoms with Crippen LogP contribution in [0.4, 0.5) is 11.4 Å². The number of ether oxygens (including phenoxy) is 3. The average Bonchev–Trinajstić information content (AvgIpc) is 3.46. The zero-order valence-electron chi connectivity index (χ0n) is 19.5. The normalized spacial score (nSPS) is 18.2. The molecule has 182 valence electrons. The highest BCUT2D eigenvalue weighted by molar-refractivity contribution is 6.02. The van der Waals surface area contributed by atoms with E-state index in [1.165, 1.54) is 12.1 Å². The van der Waals surface area contributed by atoms with Gasteiger partial charge in [-0.05, 0) is 38.8 Å². The van der Waals surface area contributed by atoms with Crippen molar-refractivity contribution in [2.45, 2.75) is 39.3 Å². The lowest BCUT2D eigenvalue weighted by Gasteiger charge is -2.30. The predicted molar refractivity (Wildman–Crippen MR) is 124 cm³/mol. The van der Waals surface area contributed by atoms with Crippen LogP contribution in [0.2, 0.25) is 0 Å². The third-order valence-electron chi connectivity index (χ3n) is 6.38. The first kappa shape index (κ1) is 23.9. The fourth-order valence-electron chi connectivity index (χ4n) is 4.52. The molecule has 0 bridgehead atoms. The van der Waals surface area contributed by atoms with Crippen molar-refractivity contribution in [3.05, 3.63) is 56.9 Å². The molecule has 2 aliphatic rings. The van der Waals surface area contributed by atoms with Gasteiger partial charge in [-0.25, -0.2) is 4.79 Å². The average molecular weight is 472 g/mol. The largest absolute Gasteiger partial charge is 0.454 e. The highest BCUT2D eigenvalue weighted by Gasteiger charge is 2.25. The number of nitro groups is 1. The first-order valence-corrected chi connectivity index (χ1v) is 11.4. The molecule has 0 aliphatic carbocycles. The number of aromatic nitrogens is 1. The van der Waals surface area contributed by atoms with Gasteiger partial charge < -0.3 is 23.7 Å². The quantitative estimate of drug-likeness (QED) is 0.250. The second kappa shape index (κ2) is 10.4. The first-order valence-electron chi connectivity index (χ1n) is 11.4. The molecule has 0 N–H and O–H groups in total. The fraction of sp³-hybridized carbons (Fsp3) is 0.500. The van der Waals surface area contributed by atoms with Gasteiger partial charge in [-0.3, -0.25) is 14.9 Å². The molecule has 1 unspecified atom stereocenters. The minimum Gasteiger partial charge on any atom is -0.454 e. The molecule has 4 rings (SSSR count). The van der Waals surface area contributed by atoms with Crippen LogP contribution in [0.15, 0.2) is 24.3 Å². The summed E-state index contributed by atoms with van der Waals surface area (Å²) >= 11 is 0. The number of non-ortho nitro benzene ring substituents is 1. The molecule has 1 aromatic carbocycles. The summed E-state index contributed by atoms with van der Waals surface area (Å²) in [6, 6.07) is 5.90. The van der Waals surface area contributed by atoms with E-state index in [-0.39, 0.29) is 23.1 Å². The number of esters is 1. The van der Waals surface area contributed by atoms with Gasteiger partial charge in [-0.15, -0.1) is 0 Å². The number of anilines is 1. The Bertz CT molecular complexity index is 1080. The molecule has 10 heteroatoms. The van der Waals surface area contributed by atoms with Gasteiger partial charge in [0.05, 0.1) is 35.5 Å². The lowest BCUT2D eigenvalue weighted by molar-refractivity contribution is -0.384. The highest BCUT2D eigenvalue weighted by Crippen LogP contribution is 2.27. The molecule has 0 saturated carbocycles. The minimum atomic E-state index is -0.772. The molecule has 0 radical (unpaired) electrons. The van der Waals surface area contributed by atoms with Crippen LogP contribution >= 0.6 is 0 Å². The molecule has 10 nitrogen and oxygen atoms in total. The smallest absolute Gasteiger partial charge is 0.340 e. The summed E-state index contributed by atoms with van der Waals surface area (Å²) in [7, 11) is 0. The summed E-state index contributed by atoms with van der Waals surface area (Å²) in [6.45, 7) is 6.88. The Morgan fingerprint density at radius 1 is 1.15 bits per heavy atom. The molecule has 0 spiro atoms. The summed E-state index contributed by atoms with van der Waals surface area (Å²) in [5, 5.41) is 11.3. The van der Waals surface area contributed by atoms with E-state index in [4.69, 9.17) is 14.2 Å². The van der Waals surface area contributed by atoms with Crippen LogP contribution in [0, 0.1) is 24.0 Å². The van der Waals surface area contributed by atoms with Gasteiger partial charge in [0.15, 0.2) is 6.61 Å². The SMILES string of the molecule is Cc1cc(C(=O)COC(=O)c2cc([N+](=O)[O-])ccc2N2CCOCC2)c(C)n1CC1CCCO1. The summed E-state index contributed by atoms with van der Waals surface area (Å²) in [5.41, 5.74) is 2.62. The molecule has 2 aromatic rings. The number of carbonyl (C=O) groups is 2. The Morgan fingerprint density at radius 2 is 1.91 bits per heavy atom. The number of nitrogens with zero attached hydrogens (tertiary/aromatic N) is 3. The molecule has 1 aromatic heterocycles. The molecular formula is C24H29N3O7. The number of hydrogen-bond acceptors (Lipinski definition) is 8. The van der Waals surface area contributed by atoms with E-state index < -0.39 is 17.5 Å². The van der Waals surface area contributed by atoms with Crippen molar-refractivity contribution in [3.63, 3.8) is 0 Å². The van der Waals surface area contributed by atoms with Gasteiger partial charge >= 0.3 is 5.97 Å². The summed E-state index contributed by atoms with van der Waals surface area (Å²) in [5.74, 6) is -1.09. The van der Waals surface area contributed by atoms with Gasteiger partial charge in [0.2, 0.25) is 5.78 Å². The molecular weight excluding hydrogens is 442 g/mol. The van der Waals surface area contributed by atoms with E-state index in [9.17, 15) is 19.7 Å². The summed E-state index contributed by atoms with van der Waals surface area (Å²) < 4.78 is 18.5. The van der Waals surface area contributed by atoms with Crippen LogP contribution in [0.5, 0.6) is 0 Å². The van der Waals surface area contributed by atoms with Gasteiger partial charge in [-0.2, -0.15) is 0 Å². The number of ketones is 1. The van der Waals surface area contributed by atoms with Crippen LogP contribution < -0.4 is 4.90 Å². The molecule has 34 heavy (non-hydrogen) atoms. The van der Waals surface area contributed by atoms with Crippen LogP contribution in [0.1, 0.15) is 44.9 Å². The standard InChI is InChI=1S/C24H29N3O7/c1-16-12-20(17(2)26(16)14-19-4-3-9-33-19)23(28)15-34-24(29)21-13-18(27(30)31)5-6-22(21)25-7-10-32-11-8-25/h5-6,12-13,19H,3-4,7-11,14-15H2,1-2H3. The third kappa shape index (κ3) is 5.13. The van der Waals surface area contributed by atoms with E-state index in [1.54, 1.807) is 12.1 Å². The second-order valence-corrected chi connectivity index (χ2v) is 8.59. The lowest BCUT2D eigenvalue weighted by atomic mass is 10.1. The number of Topliss-reactive ketones (excluding diaryl/α,β-unsaturated/α-hetero) is 1. The number of benzene rings is 1. The maximum absolute atomic E-state index is 12.9. The second-order valence-electron chi connectivity index (χ2n) is 8.59. The molecule has 2 aliphatic heterocycles. The first-order chi connectivity index (χ1) is 16.3. The van der Waals surface area contributed by atoms with Crippen LogP contribution in [0.25, 0.3) is 0 Å². The predicted octanol–water partition coefficient (Wildman–Crippen LogP) is 3.07. The van der Waals surface area contributed by atoms with E-state index in [1.807, 2.05) is 18.7 Å². The maximum Gasteiger partial charge on any atom is 0.340 e. The van der Waals surface area contributed by atoms with Gasteiger partial charge in [0, 0.05) is 55.3 Å². The number of nitro benzene ring substituents is 1. The number of rotatable bonds is 8. The van der Waals surface area contributed by atoms with Crippen molar-refractivity contribution >= 4 is 23.1 Å². The molecule has 2 saturated heterocycles.